The molecule has 0 aliphatic rings. The summed E-state index contributed by atoms with van der Waals surface area (Å²) in [6.45, 7) is 11.9. The second-order valence-corrected chi connectivity index (χ2v) is 32.1. The van der Waals surface area contributed by atoms with Gasteiger partial charge in [0.2, 0.25) is 0 Å². The first-order chi connectivity index (χ1) is 46.2. The molecule has 0 fully saturated rings. The average Bonchev–Trinajstić information content (AvgIpc) is 3.36. The lowest BCUT2D eigenvalue weighted by atomic mass is 10.0. The van der Waals surface area contributed by atoms with Crippen molar-refractivity contribution in [1.29, 1.82) is 0 Å². The molecule has 17 nitrogen and oxygen atoms in total. The van der Waals surface area contributed by atoms with E-state index in [9.17, 15) is 43.2 Å². The summed E-state index contributed by atoms with van der Waals surface area (Å²) < 4.78 is 68.5. The summed E-state index contributed by atoms with van der Waals surface area (Å²) in [5, 5.41) is 10.6. The number of aliphatic hydroxyl groups excluding tert-OH is 1. The summed E-state index contributed by atoms with van der Waals surface area (Å²) in [4.78, 5) is 72.7. The van der Waals surface area contributed by atoms with Crippen LogP contribution >= 0.6 is 15.6 Å². The maximum Gasteiger partial charge on any atom is 0.472 e. The Bertz CT molecular complexity index is 1870. The fourth-order valence-electron chi connectivity index (χ4n) is 11.8. The SMILES string of the molecule is CCCCCCCCCCCCC(=O)O[C@H](COC(=O)CCCCCCCCC(C)C)COP(=O)(O)OC[C@H](O)COP(=O)(O)OC[C@@H](COC(=O)CCCCCCCCCCCCCCCCCC(C)C)OC(=O)CCCCCCCCCCCCCCCCCCC(C)C. The molecule has 0 aromatic rings. The van der Waals surface area contributed by atoms with Crippen LogP contribution in [-0.2, 0) is 65.4 Å². The molecule has 19 heteroatoms. The van der Waals surface area contributed by atoms with Crippen LogP contribution < -0.4 is 0 Å². The zero-order chi connectivity index (χ0) is 70.9. The number of carbonyl (C=O) groups is 4. The Hall–Kier alpha value is -1.94. The van der Waals surface area contributed by atoms with Gasteiger partial charge in [0.1, 0.15) is 19.3 Å². The van der Waals surface area contributed by atoms with E-state index >= 15 is 0 Å². The van der Waals surface area contributed by atoms with Crippen molar-refractivity contribution < 1.29 is 80.2 Å². The van der Waals surface area contributed by atoms with Crippen LogP contribution in [0.5, 0.6) is 0 Å². The van der Waals surface area contributed by atoms with Gasteiger partial charge in [-0.2, -0.15) is 0 Å². The van der Waals surface area contributed by atoms with Crippen LogP contribution in [0.25, 0.3) is 0 Å². The van der Waals surface area contributed by atoms with Crippen molar-refractivity contribution in [3.63, 3.8) is 0 Å². The summed E-state index contributed by atoms with van der Waals surface area (Å²) in [5.74, 6) is 0.177. The first-order valence-corrected chi connectivity index (χ1v) is 42.8. The van der Waals surface area contributed by atoms with Gasteiger partial charge < -0.3 is 33.8 Å². The fraction of sp³-hybridized carbons (Fsp3) is 0.948. The highest BCUT2D eigenvalue weighted by molar-refractivity contribution is 7.47. The van der Waals surface area contributed by atoms with Gasteiger partial charge >= 0.3 is 39.5 Å². The predicted molar refractivity (Wildman–Crippen MR) is 391 cm³/mol. The van der Waals surface area contributed by atoms with Gasteiger partial charge in [-0.15, -0.1) is 0 Å². The number of hydrogen-bond acceptors (Lipinski definition) is 15. The summed E-state index contributed by atoms with van der Waals surface area (Å²) in [6, 6.07) is 0. The molecular formula is C77H150O17P2. The highest BCUT2D eigenvalue weighted by Crippen LogP contribution is 2.45. The molecule has 0 aliphatic carbocycles. The lowest BCUT2D eigenvalue weighted by Gasteiger charge is -2.21. The highest BCUT2D eigenvalue weighted by atomic mass is 31.2. The van der Waals surface area contributed by atoms with Crippen LogP contribution in [0.15, 0.2) is 0 Å². The van der Waals surface area contributed by atoms with Gasteiger partial charge in [0.25, 0.3) is 0 Å². The third kappa shape index (κ3) is 70.5. The van der Waals surface area contributed by atoms with Gasteiger partial charge in [0.15, 0.2) is 12.2 Å². The average molecular weight is 1410 g/mol. The van der Waals surface area contributed by atoms with Crippen LogP contribution in [0, 0.1) is 17.8 Å². The first-order valence-electron chi connectivity index (χ1n) is 39.8. The van der Waals surface area contributed by atoms with E-state index in [4.69, 9.17) is 37.0 Å². The number of ether oxygens (including phenoxy) is 4. The monoisotopic (exact) mass is 1410 g/mol. The number of phosphoric acid groups is 2. The zero-order valence-corrected chi connectivity index (χ0v) is 64.6. The third-order valence-electron chi connectivity index (χ3n) is 17.9. The number of rotatable bonds is 75. The van der Waals surface area contributed by atoms with Crippen LogP contribution in [0.2, 0.25) is 0 Å². The second-order valence-electron chi connectivity index (χ2n) is 29.2. The van der Waals surface area contributed by atoms with Crippen LogP contribution in [0.3, 0.4) is 0 Å². The van der Waals surface area contributed by atoms with Gasteiger partial charge in [-0.3, -0.25) is 37.3 Å². The van der Waals surface area contributed by atoms with Crippen molar-refractivity contribution in [3.05, 3.63) is 0 Å². The minimum atomic E-state index is -4.96. The standard InChI is InChI=1S/C77H150O17P2/c1-8-9-10-11-12-13-31-37-46-53-60-76(81)94-73(65-88-75(80)59-52-45-40-39-43-50-57-70(6)7)67-92-96(85,86)90-63-71(78)62-89-95(83,84)91-66-72(64-87-74(79)58-51-44-36-32-27-23-20-16-18-22-26-30-35-42-49-56-69(4)5)93-77(82)61-54-47-38-33-28-24-19-15-14-17-21-25-29-34-41-48-55-68(2)3/h68-73,78H,8-67H2,1-7H3,(H,83,84)(H,85,86)/t71-,72-,73-/m1/s1. The molecule has 0 rings (SSSR count). The normalized spacial score (nSPS) is 14.1. The Morgan fingerprint density at radius 3 is 0.708 bits per heavy atom. The molecule has 2 unspecified atom stereocenters. The van der Waals surface area contributed by atoms with Crippen molar-refractivity contribution >= 4 is 39.5 Å². The molecule has 96 heavy (non-hydrogen) atoms. The molecule has 0 amide bonds. The zero-order valence-electron chi connectivity index (χ0n) is 62.8. The molecular weight excluding hydrogens is 1260 g/mol. The number of hydrogen-bond donors (Lipinski definition) is 3. The summed E-state index contributed by atoms with van der Waals surface area (Å²) in [7, 11) is -9.91. The molecule has 0 radical (unpaired) electrons. The Kier molecular flexibility index (Phi) is 66.2. The van der Waals surface area contributed by atoms with Crippen molar-refractivity contribution in [1.82, 2.24) is 0 Å². The lowest BCUT2D eigenvalue weighted by Crippen LogP contribution is -2.30. The van der Waals surface area contributed by atoms with E-state index < -0.39 is 97.5 Å². The van der Waals surface area contributed by atoms with Crippen molar-refractivity contribution in [2.45, 2.75) is 414 Å². The molecule has 3 N–H and O–H groups in total. The third-order valence-corrected chi connectivity index (χ3v) is 19.8. The van der Waals surface area contributed by atoms with E-state index in [-0.39, 0.29) is 25.7 Å². The second kappa shape index (κ2) is 67.5. The largest absolute Gasteiger partial charge is 0.472 e. The number of esters is 4. The minimum absolute atomic E-state index is 0.105. The smallest absolute Gasteiger partial charge is 0.462 e. The molecule has 5 atom stereocenters. The van der Waals surface area contributed by atoms with Gasteiger partial charge in [0.05, 0.1) is 26.4 Å². The Balaban J connectivity index is 5.20. The Labute approximate surface area is 588 Å². The van der Waals surface area contributed by atoms with Crippen molar-refractivity contribution in [2.75, 3.05) is 39.6 Å². The molecule has 0 aromatic carbocycles. The van der Waals surface area contributed by atoms with Crippen molar-refractivity contribution in [3.8, 4) is 0 Å². The molecule has 0 heterocycles. The summed E-state index contributed by atoms with van der Waals surface area (Å²) >= 11 is 0. The Morgan fingerprint density at radius 1 is 0.281 bits per heavy atom. The fourth-order valence-corrected chi connectivity index (χ4v) is 13.4. The lowest BCUT2D eigenvalue weighted by molar-refractivity contribution is -0.161. The van der Waals surface area contributed by atoms with E-state index in [2.05, 4.69) is 48.5 Å². The van der Waals surface area contributed by atoms with Crippen LogP contribution in [-0.4, -0.2) is 96.7 Å². The molecule has 0 aromatic heterocycles. The van der Waals surface area contributed by atoms with Crippen LogP contribution in [0.1, 0.15) is 395 Å². The Morgan fingerprint density at radius 2 is 0.479 bits per heavy atom. The number of carbonyl (C=O) groups excluding carboxylic acids is 4. The molecule has 0 bridgehead atoms. The van der Waals surface area contributed by atoms with E-state index in [0.717, 1.165) is 108 Å². The van der Waals surface area contributed by atoms with Gasteiger partial charge in [-0.1, -0.05) is 344 Å². The predicted octanol–water partition coefficient (Wildman–Crippen LogP) is 22.6. The van der Waals surface area contributed by atoms with Crippen LogP contribution in [0.4, 0.5) is 0 Å². The molecule has 570 valence electrons. The molecule has 0 spiro atoms. The van der Waals surface area contributed by atoms with Crippen molar-refractivity contribution in [2.24, 2.45) is 17.8 Å². The van der Waals surface area contributed by atoms with E-state index in [0.29, 0.717) is 31.6 Å². The summed E-state index contributed by atoms with van der Waals surface area (Å²) in [5.41, 5.74) is 0. The number of phosphoric ester groups is 2. The molecule has 0 aliphatic heterocycles. The topological polar surface area (TPSA) is 237 Å². The van der Waals surface area contributed by atoms with E-state index in [1.165, 1.54) is 199 Å². The minimum Gasteiger partial charge on any atom is -0.462 e. The van der Waals surface area contributed by atoms with E-state index in [1.807, 2.05) is 0 Å². The number of aliphatic hydroxyl groups is 1. The van der Waals surface area contributed by atoms with Gasteiger partial charge in [-0.25, -0.2) is 9.13 Å². The number of unbranched alkanes of at least 4 members (excludes halogenated alkanes) is 43. The summed E-state index contributed by atoms with van der Waals surface area (Å²) in [6.07, 6.45) is 54.3. The van der Waals surface area contributed by atoms with E-state index in [1.54, 1.807) is 0 Å². The van der Waals surface area contributed by atoms with Gasteiger partial charge in [-0.05, 0) is 43.4 Å². The highest BCUT2D eigenvalue weighted by Gasteiger charge is 2.30. The molecule has 0 saturated heterocycles. The van der Waals surface area contributed by atoms with Gasteiger partial charge in [0, 0.05) is 25.7 Å². The quantitative estimate of drug-likeness (QED) is 0.0222. The first kappa shape index (κ1) is 94.1. The maximum atomic E-state index is 13.1. The maximum absolute atomic E-state index is 13.1. The molecule has 0 saturated carbocycles.